The van der Waals surface area contributed by atoms with Crippen LogP contribution in [0.2, 0.25) is 10.0 Å². The minimum atomic E-state index is -0.460. The number of hydrogen-bond donors (Lipinski definition) is 3. The van der Waals surface area contributed by atoms with E-state index in [-0.39, 0.29) is 22.7 Å². The topological polar surface area (TPSA) is 53.2 Å². The molecule has 7 heteroatoms. The molecule has 2 atom stereocenters. The molecule has 0 saturated carbocycles. The molecule has 1 fully saturated rings. The molecule has 23 heavy (non-hydrogen) atoms. The summed E-state index contributed by atoms with van der Waals surface area (Å²) in [5.74, 6) is -0.742. The second kappa shape index (κ2) is 6.84. The SMILES string of the molecule is O=C(Nc1cc(F)ccc1Cl)C1CC(c2cccc(Cl)c2)NN1. The predicted octanol–water partition coefficient (Wildman–Crippen LogP) is 3.68. The Morgan fingerprint density at radius 1 is 1.17 bits per heavy atom. The summed E-state index contributed by atoms with van der Waals surface area (Å²) in [6, 6.07) is 10.8. The highest BCUT2D eigenvalue weighted by Crippen LogP contribution is 2.26. The zero-order chi connectivity index (χ0) is 16.4. The van der Waals surface area contributed by atoms with Crippen molar-refractivity contribution < 1.29 is 9.18 Å². The van der Waals surface area contributed by atoms with E-state index in [1.165, 1.54) is 18.2 Å². The Bertz CT molecular complexity index is 741. The van der Waals surface area contributed by atoms with Gasteiger partial charge in [-0.3, -0.25) is 4.79 Å². The van der Waals surface area contributed by atoms with Crippen molar-refractivity contribution in [2.24, 2.45) is 0 Å². The number of anilines is 1. The van der Waals surface area contributed by atoms with Gasteiger partial charge in [0.1, 0.15) is 11.9 Å². The van der Waals surface area contributed by atoms with Crippen LogP contribution in [0.3, 0.4) is 0 Å². The van der Waals surface area contributed by atoms with Crippen molar-refractivity contribution >= 4 is 34.8 Å². The van der Waals surface area contributed by atoms with Crippen molar-refractivity contribution in [3.63, 3.8) is 0 Å². The molecular weight excluding hydrogens is 340 g/mol. The third-order valence-corrected chi connectivity index (χ3v) is 4.22. The highest BCUT2D eigenvalue weighted by atomic mass is 35.5. The predicted molar refractivity (Wildman–Crippen MR) is 88.9 cm³/mol. The maximum Gasteiger partial charge on any atom is 0.242 e. The van der Waals surface area contributed by atoms with Crippen LogP contribution in [0, 0.1) is 5.82 Å². The van der Waals surface area contributed by atoms with Crippen LogP contribution in [0.25, 0.3) is 0 Å². The highest BCUT2D eigenvalue weighted by molar-refractivity contribution is 6.33. The van der Waals surface area contributed by atoms with Gasteiger partial charge in [0.15, 0.2) is 0 Å². The zero-order valence-corrected chi connectivity index (χ0v) is 13.5. The van der Waals surface area contributed by atoms with Crippen molar-refractivity contribution in [3.8, 4) is 0 Å². The van der Waals surface area contributed by atoms with Gasteiger partial charge in [-0.15, -0.1) is 0 Å². The lowest BCUT2D eigenvalue weighted by molar-refractivity contribution is -0.117. The molecule has 1 aliphatic heterocycles. The lowest BCUT2D eigenvalue weighted by atomic mass is 10.0. The Labute approximate surface area is 142 Å². The standard InChI is InChI=1S/C16H14Cl2FN3O/c17-10-3-1-2-9(6-10)13-8-15(22-21-13)16(23)20-14-7-11(19)4-5-12(14)18/h1-7,13,15,21-22H,8H2,(H,20,23). The Hall–Kier alpha value is -1.66. The molecule has 0 aromatic heterocycles. The van der Waals surface area contributed by atoms with Crippen LogP contribution in [-0.2, 0) is 4.79 Å². The van der Waals surface area contributed by atoms with E-state index in [2.05, 4.69) is 16.2 Å². The average molecular weight is 354 g/mol. The van der Waals surface area contributed by atoms with Crippen molar-refractivity contribution in [2.75, 3.05) is 5.32 Å². The summed E-state index contributed by atoms with van der Waals surface area (Å²) in [4.78, 5) is 12.3. The number of halogens is 3. The zero-order valence-electron chi connectivity index (χ0n) is 11.9. The van der Waals surface area contributed by atoms with Gasteiger partial charge in [0.05, 0.1) is 10.7 Å². The molecule has 3 rings (SSSR count). The van der Waals surface area contributed by atoms with Gasteiger partial charge in [0.2, 0.25) is 5.91 Å². The molecule has 3 N–H and O–H groups in total. The Kier molecular flexibility index (Phi) is 4.82. The van der Waals surface area contributed by atoms with Gasteiger partial charge in [-0.25, -0.2) is 15.2 Å². The normalized spacial score (nSPS) is 20.5. The van der Waals surface area contributed by atoms with Crippen molar-refractivity contribution in [1.82, 2.24) is 10.9 Å². The fourth-order valence-corrected chi connectivity index (χ4v) is 2.85. The van der Waals surface area contributed by atoms with E-state index in [0.29, 0.717) is 11.4 Å². The van der Waals surface area contributed by atoms with Crippen LogP contribution in [0.5, 0.6) is 0 Å². The molecule has 0 radical (unpaired) electrons. The minimum absolute atomic E-state index is 0.0348. The first-order valence-electron chi connectivity index (χ1n) is 7.05. The molecule has 0 aliphatic carbocycles. The third kappa shape index (κ3) is 3.82. The van der Waals surface area contributed by atoms with Crippen LogP contribution in [0.1, 0.15) is 18.0 Å². The molecule has 2 aromatic rings. The second-order valence-electron chi connectivity index (χ2n) is 5.30. The van der Waals surface area contributed by atoms with Gasteiger partial charge < -0.3 is 5.32 Å². The van der Waals surface area contributed by atoms with Gasteiger partial charge in [-0.1, -0.05) is 35.3 Å². The molecule has 1 heterocycles. The molecule has 120 valence electrons. The summed E-state index contributed by atoms with van der Waals surface area (Å²) in [6.45, 7) is 0. The van der Waals surface area contributed by atoms with E-state index in [0.717, 1.165) is 5.56 Å². The van der Waals surface area contributed by atoms with E-state index in [1.807, 2.05) is 18.2 Å². The third-order valence-electron chi connectivity index (χ3n) is 3.66. The van der Waals surface area contributed by atoms with E-state index in [1.54, 1.807) is 6.07 Å². The van der Waals surface area contributed by atoms with Crippen LogP contribution in [0.4, 0.5) is 10.1 Å². The first-order valence-corrected chi connectivity index (χ1v) is 7.81. The van der Waals surface area contributed by atoms with Crippen LogP contribution in [0.15, 0.2) is 42.5 Å². The summed E-state index contributed by atoms with van der Waals surface area (Å²) in [5.41, 5.74) is 7.25. The molecule has 1 aliphatic rings. The number of hydrazine groups is 1. The van der Waals surface area contributed by atoms with Gasteiger partial charge in [-0.2, -0.15) is 0 Å². The molecular formula is C16H14Cl2FN3O. The maximum absolute atomic E-state index is 13.2. The lowest BCUT2D eigenvalue weighted by Gasteiger charge is -2.12. The molecule has 1 amide bonds. The lowest BCUT2D eigenvalue weighted by Crippen LogP contribution is -2.39. The molecule has 0 bridgehead atoms. The summed E-state index contributed by atoms with van der Waals surface area (Å²) >= 11 is 11.9. The summed E-state index contributed by atoms with van der Waals surface area (Å²) in [6.07, 6.45) is 0.541. The number of hydrogen-bond acceptors (Lipinski definition) is 3. The highest BCUT2D eigenvalue weighted by Gasteiger charge is 2.30. The molecule has 2 unspecified atom stereocenters. The van der Waals surface area contributed by atoms with Crippen LogP contribution < -0.4 is 16.2 Å². The molecule has 1 saturated heterocycles. The van der Waals surface area contributed by atoms with Gasteiger partial charge in [0.25, 0.3) is 0 Å². The molecule has 2 aromatic carbocycles. The minimum Gasteiger partial charge on any atom is -0.323 e. The number of nitrogens with one attached hydrogen (secondary N) is 3. The largest absolute Gasteiger partial charge is 0.323 e. The molecule has 4 nitrogen and oxygen atoms in total. The van der Waals surface area contributed by atoms with E-state index >= 15 is 0 Å². The van der Waals surface area contributed by atoms with Gasteiger partial charge in [0, 0.05) is 11.1 Å². The Morgan fingerprint density at radius 3 is 2.78 bits per heavy atom. The monoisotopic (exact) mass is 353 g/mol. The van der Waals surface area contributed by atoms with Crippen LogP contribution in [-0.4, -0.2) is 11.9 Å². The maximum atomic E-state index is 13.2. The van der Waals surface area contributed by atoms with Crippen LogP contribution >= 0.6 is 23.2 Å². The van der Waals surface area contributed by atoms with Crippen molar-refractivity contribution in [2.45, 2.75) is 18.5 Å². The fraction of sp³-hybridized carbons (Fsp3) is 0.188. The van der Waals surface area contributed by atoms with Gasteiger partial charge in [-0.05, 0) is 42.3 Å². The number of carbonyl (C=O) groups excluding carboxylic acids is 1. The second-order valence-corrected chi connectivity index (χ2v) is 6.14. The quantitative estimate of drug-likeness (QED) is 0.788. The first-order chi connectivity index (χ1) is 11.0. The van der Waals surface area contributed by atoms with E-state index in [4.69, 9.17) is 23.2 Å². The Morgan fingerprint density at radius 2 is 2.00 bits per heavy atom. The van der Waals surface area contributed by atoms with Crippen molar-refractivity contribution in [3.05, 3.63) is 63.9 Å². The summed E-state index contributed by atoms with van der Waals surface area (Å²) in [7, 11) is 0. The summed E-state index contributed by atoms with van der Waals surface area (Å²) in [5, 5.41) is 3.57. The van der Waals surface area contributed by atoms with E-state index < -0.39 is 11.9 Å². The first kappa shape index (κ1) is 16.2. The average Bonchev–Trinajstić information content (AvgIpc) is 3.01. The summed E-state index contributed by atoms with van der Waals surface area (Å²) < 4.78 is 13.2. The fourth-order valence-electron chi connectivity index (χ4n) is 2.48. The number of amides is 1. The number of carbonyl (C=O) groups is 1. The number of rotatable bonds is 3. The Balaban J connectivity index is 1.67. The molecule has 0 spiro atoms. The smallest absolute Gasteiger partial charge is 0.242 e. The van der Waals surface area contributed by atoms with Crippen molar-refractivity contribution in [1.29, 1.82) is 0 Å². The van der Waals surface area contributed by atoms with Gasteiger partial charge >= 0.3 is 0 Å². The number of benzene rings is 2. The van der Waals surface area contributed by atoms with E-state index in [9.17, 15) is 9.18 Å².